The molecule has 0 fully saturated rings. The van der Waals surface area contributed by atoms with Gasteiger partial charge in [0.05, 0.1) is 0 Å². The van der Waals surface area contributed by atoms with E-state index in [1.165, 1.54) is 0 Å². The first-order valence-electron chi connectivity index (χ1n) is 4.84. The van der Waals surface area contributed by atoms with Crippen LogP contribution in [0.2, 0.25) is 5.02 Å². The summed E-state index contributed by atoms with van der Waals surface area (Å²) < 4.78 is 0. The third-order valence-corrected chi connectivity index (χ3v) is 2.33. The third kappa shape index (κ3) is 3.82. The van der Waals surface area contributed by atoms with E-state index in [4.69, 9.17) is 23.8 Å². The maximum atomic E-state index is 11.7. The standard InChI is InChI=1S/C12H11ClN2O2/c1-2-3-10(11(14)16)15-12(17)8-4-6-9(13)7-5-8/h1,4-7,10H,3H2,(H2,14,16)(H,15,17)/t10-/m1/s1. The van der Waals surface area contributed by atoms with Crippen molar-refractivity contribution in [3.63, 3.8) is 0 Å². The first-order valence-corrected chi connectivity index (χ1v) is 5.21. The van der Waals surface area contributed by atoms with Crippen LogP contribution in [0.25, 0.3) is 0 Å². The van der Waals surface area contributed by atoms with Crippen LogP contribution in [0.1, 0.15) is 16.8 Å². The van der Waals surface area contributed by atoms with Crippen LogP contribution in [0.15, 0.2) is 24.3 Å². The highest BCUT2D eigenvalue weighted by Gasteiger charge is 2.17. The summed E-state index contributed by atoms with van der Waals surface area (Å²) in [5.74, 6) is 1.20. The lowest BCUT2D eigenvalue weighted by atomic mass is 10.1. The molecular formula is C12H11ClN2O2. The molecular weight excluding hydrogens is 240 g/mol. The number of benzene rings is 1. The molecule has 0 saturated heterocycles. The second-order valence-corrected chi connectivity index (χ2v) is 3.78. The van der Waals surface area contributed by atoms with Gasteiger partial charge in [0.25, 0.3) is 5.91 Å². The maximum Gasteiger partial charge on any atom is 0.251 e. The topological polar surface area (TPSA) is 72.2 Å². The van der Waals surface area contributed by atoms with Crippen molar-refractivity contribution in [2.24, 2.45) is 5.73 Å². The van der Waals surface area contributed by atoms with Gasteiger partial charge < -0.3 is 11.1 Å². The highest BCUT2D eigenvalue weighted by atomic mass is 35.5. The van der Waals surface area contributed by atoms with Crippen LogP contribution in [0, 0.1) is 12.3 Å². The van der Waals surface area contributed by atoms with E-state index in [0.717, 1.165) is 0 Å². The summed E-state index contributed by atoms with van der Waals surface area (Å²) in [7, 11) is 0. The summed E-state index contributed by atoms with van der Waals surface area (Å²) in [6.45, 7) is 0. The normalized spacial score (nSPS) is 11.3. The number of terminal acetylenes is 1. The molecule has 0 spiro atoms. The van der Waals surface area contributed by atoms with Gasteiger partial charge in [-0.05, 0) is 24.3 Å². The summed E-state index contributed by atoms with van der Waals surface area (Å²) in [5.41, 5.74) is 5.49. The molecule has 4 nitrogen and oxygen atoms in total. The van der Waals surface area contributed by atoms with Crippen molar-refractivity contribution in [3.05, 3.63) is 34.9 Å². The summed E-state index contributed by atoms with van der Waals surface area (Å²) in [4.78, 5) is 22.7. The molecule has 5 heteroatoms. The summed E-state index contributed by atoms with van der Waals surface area (Å²) >= 11 is 5.69. The third-order valence-electron chi connectivity index (χ3n) is 2.08. The molecule has 17 heavy (non-hydrogen) atoms. The lowest BCUT2D eigenvalue weighted by molar-refractivity contribution is -0.119. The van der Waals surface area contributed by atoms with Crippen LogP contribution in [-0.4, -0.2) is 17.9 Å². The minimum Gasteiger partial charge on any atom is -0.368 e. The van der Waals surface area contributed by atoms with Crippen LogP contribution in [-0.2, 0) is 4.79 Å². The largest absolute Gasteiger partial charge is 0.368 e. The number of hydrogen-bond donors (Lipinski definition) is 2. The molecule has 0 radical (unpaired) electrons. The zero-order chi connectivity index (χ0) is 12.8. The van der Waals surface area contributed by atoms with Crippen LogP contribution < -0.4 is 11.1 Å². The van der Waals surface area contributed by atoms with Gasteiger partial charge in [-0.3, -0.25) is 9.59 Å². The van der Waals surface area contributed by atoms with Crippen LogP contribution >= 0.6 is 11.6 Å². The molecule has 2 amide bonds. The number of rotatable bonds is 4. The minimum atomic E-state index is -0.858. The fourth-order valence-corrected chi connectivity index (χ4v) is 1.31. The molecule has 0 aliphatic heterocycles. The van der Waals surface area contributed by atoms with Crippen molar-refractivity contribution < 1.29 is 9.59 Å². The van der Waals surface area contributed by atoms with Crippen LogP contribution in [0.3, 0.4) is 0 Å². The number of nitrogens with one attached hydrogen (secondary N) is 1. The molecule has 0 heterocycles. The minimum absolute atomic E-state index is 0.0641. The summed E-state index contributed by atoms with van der Waals surface area (Å²) in [6.07, 6.45) is 5.14. The molecule has 1 atom stereocenters. The number of hydrogen-bond acceptors (Lipinski definition) is 2. The number of carbonyl (C=O) groups excluding carboxylic acids is 2. The Balaban J connectivity index is 2.74. The van der Waals surface area contributed by atoms with E-state index >= 15 is 0 Å². The van der Waals surface area contributed by atoms with Gasteiger partial charge in [0, 0.05) is 17.0 Å². The molecule has 0 aromatic heterocycles. The Hall–Kier alpha value is -1.99. The number of amides is 2. The highest BCUT2D eigenvalue weighted by Crippen LogP contribution is 2.09. The zero-order valence-corrected chi connectivity index (χ0v) is 9.70. The van der Waals surface area contributed by atoms with Gasteiger partial charge >= 0.3 is 0 Å². The monoisotopic (exact) mass is 250 g/mol. The van der Waals surface area contributed by atoms with E-state index in [1.54, 1.807) is 24.3 Å². The van der Waals surface area contributed by atoms with Gasteiger partial charge in [-0.1, -0.05) is 11.6 Å². The fraction of sp³-hybridized carbons (Fsp3) is 0.167. The summed E-state index contributed by atoms with van der Waals surface area (Å²) in [5, 5.41) is 2.98. The number of halogens is 1. The predicted molar refractivity (Wildman–Crippen MR) is 65.4 cm³/mol. The van der Waals surface area contributed by atoms with E-state index in [1.807, 2.05) is 0 Å². The molecule has 0 unspecified atom stereocenters. The lowest BCUT2D eigenvalue weighted by Crippen LogP contribution is -2.44. The Labute approximate surface area is 104 Å². The number of carbonyl (C=O) groups is 2. The quantitative estimate of drug-likeness (QED) is 0.781. The van der Waals surface area contributed by atoms with Crippen molar-refractivity contribution in [2.45, 2.75) is 12.5 Å². The molecule has 88 valence electrons. The maximum absolute atomic E-state index is 11.7. The van der Waals surface area contributed by atoms with E-state index in [-0.39, 0.29) is 6.42 Å². The summed E-state index contributed by atoms with van der Waals surface area (Å²) in [6, 6.07) is 5.40. The predicted octanol–water partition coefficient (Wildman–Crippen LogP) is 0.947. The van der Waals surface area contributed by atoms with Crippen LogP contribution in [0.5, 0.6) is 0 Å². The average Bonchev–Trinajstić information content (AvgIpc) is 2.29. The molecule has 0 aliphatic carbocycles. The fourth-order valence-electron chi connectivity index (χ4n) is 1.18. The molecule has 3 N–H and O–H groups in total. The van der Waals surface area contributed by atoms with Crippen molar-refractivity contribution in [1.29, 1.82) is 0 Å². The first kappa shape index (κ1) is 13.1. The molecule has 0 aliphatic rings. The Morgan fingerprint density at radius 2 is 2.00 bits per heavy atom. The Bertz CT molecular complexity index is 462. The number of primary amides is 1. The average molecular weight is 251 g/mol. The molecule has 1 aromatic rings. The molecule has 1 aromatic carbocycles. The SMILES string of the molecule is C#CC[C@@H](NC(=O)c1ccc(Cl)cc1)C(N)=O. The second-order valence-electron chi connectivity index (χ2n) is 3.34. The molecule has 0 bridgehead atoms. The van der Waals surface area contributed by atoms with E-state index in [9.17, 15) is 9.59 Å². The van der Waals surface area contributed by atoms with Crippen LogP contribution in [0.4, 0.5) is 0 Å². The van der Waals surface area contributed by atoms with Gasteiger partial charge in [0.15, 0.2) is 0 Å². The number of nitrogens with two attached hydrogens (primary N) is 1. The van der Waals surface area contributed by atoms with Gasteiger partial charge in [-0.25, -0.2) is 0 Å². The van der Waals surface area contributed by atoms with E-state index in [2.05, 4.69) is 11.2 Å². The Kier molecular flexibility index (Phi) is 4.56. The molecule has 0 saturated carbocycles. The van der Waals surface area contributed by atoms with E-state index in [0.29, 0.717) is 10.6 Å². The smallest absolute Gasteiger partial charge is 0.251 e. The Morgan fingerprint density at radius 1 is 1.41 bits per heavy atom. The van der Waals surface area contributed by atoms with Crippen molar-refractivity contribution in [3.8, 4) is 12.3 Å². The van der Waals surface area contributed by atoms with Gasteiger partial charge in [-0.2, -0.15) is 0 Å². The van der Waals surface area contributed by atoms with Gasteiger partial charge in [-0.15, -0.1) is 12.3 Å². The van der Waals surface area contributed by atoms with Crippen molar-refractivity contribution in [1.82, 2.24) is 5.32 Å². The van der Waals surface area contributed by atoms with Crippen molar-refractivity contribution >= 4 is 23.4 Å². The Morgan fingerprint density at radius 3 is 2.47 bits per heavy atom. The highest BCUT2D eigenvalue weighted by molar-refractivity contribution is 6.30. The zero-order valence-electron chi connectivity index (χ0n) is 8.94. The van der Waals surface area contributed by atoms with Gasteiger partial charge in [0.1, 0.15) is 6.04 Å². The first-order chi connectivity index (χ1) is 8.04. The van der Waals surface area contributed by atoms with Gasteiger partial charge in [0.2, 0.25) is 5.91 Å². The second kappa shape index (κ2) is 5.92. The van der Waals surface area contributed by atoms with Crippen molar-refractivity contribution in [2.75, 3.05) is 0 Å². The lowest BCUT2D eigenvalue weighted by Gasteiger charge is -2.12. The van der Waals surface area contributed by atoms with E-state index < -0.39 is 17.9 Å². The molecule has 1 rings (SSSR count).